The lowest BCUT2D eigenvalue weighted by atomic mass is 9.91. The zero-order valence-electron chi connectivity index (χ0n) is 15.6. The number of aryl methyl sites for hydroxylation is 1. The van der Waals surface area contributed by atoms with Gasteiger partial charge < -0.3 is 15.3 Å². The number of aliphatic hydroxyl groups is 1. The van der Waals surface area contributed by atoms with Crippen LogP contribution in [0.5, 0.6) is 0 Å². The Kier molecular flexibility index (Phi) is 6.38. The zero-order valence-corrected chi connectivity index (χ0v) is 17.1. The van der Waals surface area contributed by atoms with Gasteiger partial charge in [0.25, 0.3) is 5.91 Å². The third-order valence-electron chi connectivity index (χ3n) is 5.67. The summed E-state index contributed by atoms with van der Waals surface area (Å²) in [4.78, 5) is 14.7. The Hall–Kier alpha value is -1.65. The quantitative estimate of drug-likeness (QED) is 0.659. The summed E-state index contributed by atoms with van der Waals surface area (Å²) in [6.45, 7) is 4.47. The molecule has 4 nitrogen and oxygen atoms in total. The van der Waals surface area contributed by atoms with Crippen molar-refractivity contribution in [3.8, 4) is 0 Å². The fraction of sp³-hybridized carbons (Fsp3) is 0.476. The lowest BCUT2D eigenvalue weighted by Crippen LogP contribution is -2.39. The molecule has 1 aliphatic carbocycles. The molecule has 1 saturated carbocycles. The van der Waals surface area contributed by atoms with E-state index in [0.29, 0.717) is 33.8 Å². The fourth-order valence-corrected chi connectivity index (χ4v) is 4.50. The molecular weight excluding hydrogens is 383 g/mol. The van der Waals surface area contributed by atoms with Gasteiger partial charge in [-0.2, -0.15) is 0 Å². The molecular formula is C21H26Cl2N2O2. The van der Waals surface area contributed by atoms with E-state index in [2.05, 4.69) is 11.9 Å². The van der Waals surface area contributed by atoms with Crippen molar-refractivity contribution >= 4 is 29.1 Å². The summed E-state index contributed by atoms with van der Waals surface area (Å²) in [6.07, 6.45) is 6.11. The molecule has 1 atom stereocenters. The van der Waals surface area contributed by atoms with Crippen molar-refractivity contribution < 1.29 is 9.90 Å². The van der Waals surface area contributed by atoms with Crippen LogP contribution in [0.2, 0.25) is 10.0 Å². The van der Waals surface area contributed by atoms with E-state index in [0.717, 1.165) is 31.2 Å². The van der Waals surface area contributed by atoms with Crippen molar-refractivity contribution in [2.75, 3.05) is 13.6 Å². The molecule has 1 fully saturated rings. The van der Waals surface area contributed by atoms with Crippen molar-refractivity contribution in [1.29, 1.82) is 0 Å². The molecule has 27 heavy (non-hydrogen) atoms. The highest BCUT2D eigenvalue weighted by Crippen LogP contribution is 2.40. The molecule has 1 aliphatic heterocycles. The number of halogens is 2. The highest BCUT2D eigenvalue weighted by molar-refractivity contribution is 6.42. The monoisotopic (exact) mass is 408 g/mol. The molecule has 1 aromatic carbocycles. The number of carbonyl (C=O) groups is 1. The van der Waals surface area contributed by atoms with Gasteiger partial charge in [-0.1, -0.05) is 48.7 Å². The summed E-state index contributed by atoms with van der Waals surface area (Å²) in [5.41, 5.74) is 2.09. The van der Waals surface area contributed by atoms with Gasteiger partial charge in [0.2, 0.25) is 0 Å². The Labute approximate surface area is 170 Å². The van der Waals surface area contributed by atoms with Gasteiger partial charge in [-0.3, -0.25) is 4.79 Å². The maximum Gasteiger partial charge on any atom is 0.253 e. The van der Waals surface area contributed by atoms with Crippen molar-refractivity contribution in [2.45, 2.75) is 44.6 Å². The van der Waals surface area contributed by atoms with Gasteiger partial charge in [-0.15, -0.1) is 0 Å². The van der Waals surface area contributed by atoms with Crippen LogP contribution in [0.4, 0.5) is 0 Å². The molecule has 1 aromatic rings. The fourth-order valence-electron chi connectivity index (χ4n) is 4.18. The molecule has 0 saturated heterocycles. The van der Waals surface area contributed by atoms with Crippen LogP contribution in [0.15, 0.2) is 41.8 Å². The second kappa shape index (κ2) is 8.57. The predicted molar refractivity (Wildman–Crippen MR) is 110 cm³/mol. The maximum atomic E-state index is 12.8. The van der Waals surface area contributed by atoms with Crippen LogP contribution in [0.1, 0.15) is 37.7 Å². The van der Waals surface area contributed by atoms with Crippen LogP contribution < -0.4 is 5.32 Å². The summed E-state index contributed by atoms with van der Waals surface area (Å²) in [5, 5.41) is 14.5. The first-order chi connectivity index (χ1) is 12.9. The van der Waals surface area contributed by atoms with Crippen molar-refractivity contribution in [3.63, 3.8) is 0 Å². The number of rotatable bonds is 6. The first-order valence-electron chi connectivity index (χ1n) is 9.47. The van der Waals surface area contributed by atoms with Crippen LogP contribution in [0.3, 0.4) is 0 Å². The number of amides is 1. The number of nitrogens with one attached hydrogen (secondary N) is 1. The van der Waals surface area contributed by atoms with E-state index in [1.54, 1.807) is 6.07 Å². The number of aliphatic hydroxyl groups excluding tert-OH is 1. The van der Waals surface area contributed by atoms with Gasteiger partial charge in [-0.25, -0.2) is 0 Å². The number of nitrogens with zero attached hydrogens (tertiary/aromatic N) is 1. The third kappa shape index (κ3) is 4.27. The lowest BCUT2D eigenvalue weighted by molar-refractivity contribution is -0.118. The second-order valence-electron chi connectivity index (χ2n) is 7.42. The van der Waals surface area contributed by atoms with E-state index in [-0.39, 0.29) is 17.7 Å². The van der Waals surface area contributed by atoms with Crippen molar-refractivity contribution in [3.05, 3.63) is 57.4 Å². The van der Waals surface area contributed by atoms with E-state index in [1.165, 1.54) is 12.8 Å². The minimum Gasteiger partial charge on any atom is -0.505 e. The number of carbonyl (C=O) groups excluding carboxylic acids is 1. The summed E-state index contributed by atoms with van der Waals surface area (Å²) in [6, 6.07) is 5.50. The van der Waals surface area contributed by atoms with Crippen LogP contribution >= 0.6 is 23.2 Å². The van der Waals surface area contributed by atoms with Gasteiger partial charge >= 0.3 is 0 Å². The van der Waals surface area contributed by atoms with Crippen molar-refractivity contribution in [1.82, 2.24) is 10.2 Å². The SMILES string of the molecule is C=C1C(O)=C(C(=O)NCCCc2ccc(Cl)c(Cl)c2)C(C2CCCC2)N1C. The van der Waals surface area contributed by atoms with E-state index >= 15 is 0 Å². The highest BCUT2D eigenvalue weighted by atomic mass is 35.5. The molecule has 0 spiro atoms. The van der Waals surface area contributed by atoms with Crippen molar-refractivity contribution in [2.24, 2.45) is 5.92 Å². The summed E-state index contributed by atoms with van der Waals surface area (Å²) >= 11 is 12.0. The molecule has 6 heteroatoms. The first kappa shape index (κ1) is 20.1. The molecule has 0 radical (unpaired) electrons. The lowest BCUT2D eigenvalue weighted by Gasteiger charge is -2.29. The van der Waals surface area contributed by atoms with Crippen LogP contribution in [0, 0.1) is 5.92 Å². The third-order valence-corrected chi connectivity index (χ3v) is 6.41. The van der Waals surface area contributed by atoms with E-state index in [4.69, 9.17) is 23.2 Å². The number of likely N-dealkylation sites (N-methyl/N-ethyl adjacent to an activating group) is 1. The van der Waals surface area contributed by atoms with E-state index in [9.17, 15) is 9.90 Å². The molecule has 1 unspecified atom stereocenters. The van der Waals surface area contributed by atoms with Gasteiger partial charge in [-0.05, 0) is 49.3 Å². The molecule has 1 heterocycles. The van der Waals surface area contributed by atoms with Gasteiger partial charge in [0.1, 0.15) is 5.76 Å². The zero-order chi connectivity index (χ0) is 19.6. The molecule has 2 N–H and O–H groups in total. The van der Waals surface area contributed by atoms with Crippen LogP contribution in [-0.4, -0.2) is 35.5 Å². The molecule has 0 bridgehead atoms. The van der Waals surface area contributed by atoms with E-state index in [1.807, 2.05) is 24.1 Å². The smallest absolute Gasteiger partial charge is 0.253 e. The standard InChI is InChI=1S/C21H26Cl2N2O2/c1-13-20(26)18(19(25(13)2)15-7-3-4-8-15)21(27)24-11-5-6-14-9-10-16(22)17(23)12-14/h9-10,12,15,19,26H,1,3-8,11H2,2H3,(H,24,27). The highest BCUT2D eigenvalue weighted by Gasteiger charge is 2.42. The number of benzene rings is 1. The average Bonchev–Trinajstić information content (AvgIpc) is 3.24. The topological polar surface area (TPSA) is 52.6 Å². The Morgan fingerprint density at radius 3 is 2.67 bits per heavy atom. The Morgan fingerprint density at radius 2 is 2.00 bits per heavy atom. The second-order valence-corrected chi connectivity index (χ2v) is 8.23. The minimum absolute atomic E-state index is 0.0383. The normalized spacial score (nSPS) is 20.6. The Bertz CT molecular complexity index is 769. The number of hydrogen-bond donors (Lipinski definition) is 2. The Balaban J connectivity index is 1.58. The van der Waals surface area contributed by atoms with Gasteiger partial charge in [0.15, 0.2) is 0 Å². The largest absolute Gasteiger partial charge is 0.505 e. The molecule has 146 valence electrons. The minimum atomic E-state index is -0.191. The van der Waals surface area contributed by atoms with Gasteiger partial charge in [0.05, 0.1) is 27.4 Å². The summed E-state index contributed by atoms with van der Waals surface area (Å²) in [7, 11) is 1.91. The summed E-state index contributed by atoms with van der Waals surface area (Å²) < 4.78 is 0. The first-order valence-corrected chi connectivity index (χ1v) is 10.2. The molecule has 0 aromatic heterocycles. The summed E-state index contributed by atoms with van der Waals surface area (Å²) in [5.74, 6) is 0.244. The Morgan fingerprint density at radius 1 is 1.30 bits per heavy atom. The molecule has 1 amide bonds. The van der Waals surface area contributed by atoms with Crippen LogP contribution in [0.25, 0.3) is 0 Å². The number of hydrogen-bond acceptors (Lipinski definition) is 3. The predicted octanol–water partition coefficient (Wildman–Crippen LogP) is 4.87. The molecule has 3 rings (SSSR count). The van der Waals surface area contributed by atoms with Gasteiger partial charge in [0, 0.05) is 13.6 Å². The maximum absolute atomic E-state index is 12.8. The van der Waals surface area contributed by atoms with E-state index < -0.39 is 0 Å². The van der Waals surface area contributed by atoms with Crippen LogP contribution in [-0.2, 0) is 11.2 Å². The average molecular weight is 409 g/mol. The molecule has 2 aliphatic rings.